The van der Waals surface area contributed by atoms with Gasteiger partial charge in [0.15, 0.2) is 0 Å². The first kappa shape index (κ1) is 34.1. The van der Waals surface area contributed by atoms with Crippen molar-refractivity contribution in [2.45, 2.75) is 149 Å². The number of rotatable bonds is 6. The Morgan fingerprint density at radius 1 is 0.826 bits per heavy atom. The average molecular weight is 649 g/mol. The van der Waals surface area contributed by atoms with E-state index in [9.17, 15) is 14.4 Å². The van der Waals surface area contributed by atoms with Crippen LogP contribution in [0.3, 0.4) is 0 Å². The van der Waals surface area contributed by atoms with Crippen LogP contribution in [0.4, 0.5) is 0 Å². The van der Waals surface area contributed by atoms with Gasteiger partial charge in [0.25, 0.3) is 0 Å². The lowest BCUT2D eigenvalue weighted by molar-refractivity contribution is -0.665. The number of carbonyl (C=O) groups is 3. The fourth-order valence-electron chi connectivity index (χ4n) is 11.3. The van der Waals surface area contributed by atoms with E-state index in [-0.39, 0.29) is 76.5 Å². The zero-order chi connectivity index (χ0) is 33.1. The molecule has 10 atom stereocenters. The number of esters is 3. The Hall–Kier alpha value is -1.75. The minimum absolute atomic E-state index is 0.108. The fourth-order valence-corrected chi connectivity index (χ4v) is 11.3. The van der Waals surface area contributed by atoms with Gasteiger partial charge in [-0.1, -0.05) is 27.7 Å². The Bertz CT molecular complexity index is 1150. The van der Waals surface area contributed by atoms with Crippen molar-refractivity contribution in [2.24, 2.45) is 52.3 Å². The zero-order valence-electron chi connectivity index (χ0n) is 29.0. The van der Waals surface area contributed by atoms with Crippen molar-refractivity contribution in [3.63, 3.8) is 0 Å². The van der Waals surface area contributed by atoms with Crippen LogP contribution in [0.5, 0.6) is 0 Å². The molecule has 0 radical (unpaired) electrons. The van der Waals surface area contributed by atoms with E-state index < -0.39 is 11.6 Å². The highest BCUT2D eigenvalue weighted by Gasteiger charge is 2.69. The maximum Gasteiger partial charge on any atom is 0.305 e. The van der Waals surface area contributed by atoms with Crippen molar-refractivity contribution >= 4 is 17.9 Å². The van der Waals surface area contributed by atoms with E-state index in [1.54, 1.807) is 0 Å². The lowest BCUT2D eigenvalue weighted by Gasteiger charge is -2.65. The summed E-state index contributed by atoms with van der Waals surface area (Å²) in [5.41, 5.74) is -0.411. The summed E-state index contributed by atoms with van der Waals surface area (Å²) in [6.07, 6.45) is 9.45. The second kappa shape index (κ2) is 12.6. The molecule has 5 aliphatic carbocycles. The van der Waals surface area contributed by atoms with Crippen molar-refractivity contribution in [3.8, 4) is 0 Å². The molecular weight excluding hydrogens is 592 g/mol. The lowest BCUT2D eigenvalue weighted by atomic mass is 9.42. The van der Waals surface area contributed by atoms with Gasteiger partial charge in [-0.05, 0) is 92.3 Å². The summed E-state index contributed by atoms with van der Waals surface area (Å²) >= 11 is 0. The summed E-state index contributed by atoms with van der Waals surface area (Å²) < 4.78 is 17.5. The largest absolute Gasteiger partial charge is 0.469 e. The maximum absolute atomic E-state index is 12.6. The first-order chi connectivity index (χ1) is 21.7. The molecule has 260 valence electrons. The van der Waals surface area contributed by atoms with E-state index in [1.807, 2.05) is 0 Å². The van der Waals surface area contributed by atoms with Gasteiger partial charge >= 0.3 is 17.9 Å². The summed E-state index contributed by atoms with van der Waals surface area (Å²) in [4.78, 5) is 61.7. The summed E-state index contributed by atoms with van der Waals surface area (Å²) in [5.74, 6) is -0.792. The standard InChI is InChI=1S/C36H56O10/c1-21-12-14-35(15-13-21)43-45-36(46-44-35)17-16-33(5)25(20-36)18-29(41-23(3)37)32-27-10-9-26(22(2)8-11-31(39)40-7)34(27,6)30(19-28(32)33)42-24(4)38/h21-22,25-30,32H,8-20H2,1-7H3/t21?,22-,25-,26-,27+,28+,29-,30+,32+,33+,34-,35?,36?/m1/s1. The topological polar surface area (TPSA) is 116 Å². The van der Waals surface area contributed by atoms with Gasteiger partial charge in [0, 0.05) is 57.3 Å². The molecule has 0 aromatic rings. The number of methoxy groups -OCH3 is 1. The Balaban J connectivity index is 1.27. The average Bonchev–Trinajstić information content (AvgIpc) is 3.37. The lowest BCUT2D eigenvalue weighted by Crippen LogP contribution is -2.65. The van der Waals surface area contributed by atoms with Crippen LogP contribution in [0, 0.1) is 52.3 Å². The predicted molar refractivity (Wildman–Crippen MR) is 165 cm³/mol. The van der Waals surface area contributed by atoms with Crippen LogP contribution < -0.4 is 0 Å². The molecule has 0 aromatic heterocycles. The third-order valence-electron chi connectivity index (χ3n) is 13.9. The third kappa shape index (κ3) is 5.91. The molecule has 6 aliphatic rings. The number of fused-ring (bicyclic) bond motifs is 5. The molecule has 6 fully saturated rings. The van der Waals surface area contributed by atoms with Gasteiger partial charge < -0.3 is 14.2 Å². The predicted octanol–water partition coefficient (Wildman–Crippen LogP) is 6.83. The molecule has 6 rings (SSSR count). The van der Waals surface area contributed by atoms with Gasteiger partial charge in [-0.3, -0.25) is 14.4 Å². The molecule has 1 saturated heterocycles. The van der Waals surface area contributed by atoms with Crippen LogP contribution in [0.15, 0.2) is 0 Å². The summed E-state index contributed by atoms with van der Waals surface area (Å²) in [7, 11) is 1.43. The Morgan fingerprint density at radius 2 is 1.48 bits per heavy atom. The van der Waals surface area contributed by atoms with Gasteiger partial charge in [0.2, 0.25) is 11.6 Å². The second-order valence-corrected chi connectivity index (χ2v) is 16.4. The molecule has 0 amide bonds. The monoisotopic (exact) mass is 648 g/mol. The molecule has 46 heavy (non-hydrogen) atoms. The van der Waals surface area contributed by atoms with E-state index >= 15 is 0 Å². The SMILES string of the molecule is COC(=O)CC[C@@H](C)[C@H]1CC[C@H]2[C@@H]3[C@H](OC(C)=O)C[C@@H]4CC5(CC[C@]4(C)[C@H]3C[C@H](OC(C)=O)[C@]12C)OOC1(CCC(C)CC1)OO5. The first-order valence-electron chi connectivity index (χ1n) is 17.9. The van der Waals surface area contributed by atoms with E-state index in [0.29, 0.717) is 38.0 Å². The van der Waals surface area contributed by atoms with Gasteiger partial charge in [-0.2, -0.15) is 19.6 Å². The second-order valence-electron chi connectivity index (χ2n) is 16.4. The Kier molecular flexibility index (Phi) is 9.35. The molecule has 0 aromatic carbocycles. The maximum atomic E-state index is 12.6. The molecule has 10 heteroatoms. The van der Waals surface area contributed by atoms with Crippen molar-refractivity contribution in [1.29, 1.82) is 0 Å². The van der Waals surface area contributed by atoms with E-state index in [4.69, 9.17) is 33.8 Å². The van der Waals surface area contributed by atoms with Crippen LogP contribution in [0.25, 0.3) is 0 Å². The smallest absolute Gasteiger partial charge is 0.305 e. The zero-order valence-corrected chi connectivity index (χ0v) is 29.0. The highest BCUT2D eigenvalue weighted by Crippen LogP contribution is 2.70. The van der Waals surface area contributed by atoms with E-state index in [0.717, 1.165) is 51.4 Å². The summed E-state index contributed by atoms with van der Waals surface area (Å²) in [6, 6.07) is 0. The first-order valence-corrected chi connectivity index (χ1v) is 17.9. The van der Waals surface area contributed by atoms with E-state index in [1.165, 1.54) is 21.0 Å². The fraction of sp³-hybridized carbons (Fsp3) is 0.917. The van der Waals surface area contributed by atoms with Crippen molar-refractivity contribution in [1.82, 2.24) is 0 Å². The van der Waals surface area contributed by atoms with Crippen molar-refractivity contribution in [3.05, 3.63) is 0 Å². The quantitative estimate of drug-likeness (QED) is 0.172. The van der Waals surface area contributed by atoms with Crippen LogP contribution >= 0.6 is 0 Å². The molecule has 1 heterocycles. The Morgan fingerprint density at radius 3 is 2.11 bits per heavy atom. The van der Waals surface area contributed by atoms with Gasteiger partial charge in [-0.15, -0.1) is 0 Å². The van der Waals surface area contributed by atoms with Crippen molar-refractivity contribution in [2.75, 3.05) is 7.11 Å². The third-order valence-corrected chi connectivity index (χ3v) is 13.9. The number of ether oxygens (including phenoxy) is 3. The molecule has 0 unspecified atom stereocenters. The highest BCUT2D eigenvalue weighted by molar-refractivity contribution is 5.69. The number of hydrogen-bond donors (Lipinski definition) is 0. The van der Waals surface area contributed by atoms with Crippen molar-refractivity contribution < 1.29 is 48.1 Å². The molecule has 0 bridgehead atoms. The normalized spacial score (nSPS) is 47.3. The minimum atomic E-state index is -1.00. The molecule has 2 spiro atoms. The number of hydrogen-bond acceptors (Lipinski definition) is 10. The van der Waals surface area contributed by atoms with Gasteiger partial charge in [0.1, 0.15) is 12.2 Å². The minimum Gasteiger partial charge on any atom is -0.469 e. The van der Waals surface area contributed by atoms with Crippen LogP contribution in [0.2, 0.25) is 0 Å². The van der Waals surface area contributed by atoms with Gasteiger partial charge in [0.05, 0.1) is 7.11 Å². The van der Waals surface area contributed by atoms with Gasteiger partial charge in [-0.25, -0.2) is 0 Å². The van der Waals surface area contributed by atoms with Crippen LogP contribution in [0.1, 0.15) is 125 Å². The molecule has 10 nitrogen and oxygen atoms in total. The summed E-state index contributed by atoms with van der Waals surface area (Å²) in [5, 5.41) is 0. The molecular formula is C36H56O10. The number of carbonyl (C=O) groups excluding carboxylic acids is 3. The molecule has 1 aliphatic heterocycles. The summed E-state index contributed by atoms with van der Waals surface area (Å²) in [6.45, 7) is 12.1. The van der Waals surface area contributed by atoms with Crippen LogP contribution in [-0.2, 0) is 48.1 Å². The van der Waals surface area contributed by atoms with Crippen LogP contribution in [-0.4, -0.2) is 48.8 Å². The van der Waals surface area contributed by atoms with E-state index in [2.05, 4.69) is 27.7 Å². The Labute approximate surface area is 274 Å². The highest BCUT2D eigenvalue weighted by atomic mass is 17.4. The molecule has 5 saturated carbocycles. The molecule has 0 N–H and O–H groups in total.